The van der Waals surface area contributed by atoms with Crippen LogP contribution < -0.4 is 10.2 Å². The van der Waals surface area contributed by atoms with Gasteiger partial charge in [0.1, 0.15) is 5.01 Å². The van der Waals surface area contributed by atoms with Crippen LogP contribution in [-0.4, -0.2) is 35.2 Å². The first kappa shape index (κ1) is 12.9. The number of carbonyl (C=O) groups excluding carboxylic acids is 1. The van der Waals surface area contributed by atoms with Crippen LogP contribution in [0.15, 0.2) is 0 Å². The fourth-order valence-corrected chi connectivity index (χ4v) is 2.02. The smallest absolute Gasteiger partial charge is 0.239 e. The first-order valence-electron chi connectivity index (χ1n) is 5.37. The van der Waals surface area contributed by atoms with E-state index in [1.54, 1.807) is 0 Å². The molecule has 0 unspecified atom stereocenters. The van der Waals surface area contributed by atoms with E-state index < -0.39 is 0 Å². The number of aromatic nitrogens is 2. The average Bonchev–Trinajstić information content (AvgIpc) is 2.60. The Balaban J connectivity index is 2.59. The molecule has 0 radical (unpaired) electrons. The van der Waals surface area contributed by atoms with Gasteiger partial charge in [-0.25, -0.2) is 0 Å². The van der Waals surface area contributed by atoms with Crippen LogP contribution in [-0.2, 0) is 4.79 Å². The Morgan fingerprint density at radius 2 is 2.19 bits per heavy atom. The van der Waals surface area contributed by atoms with Crippen molar-refractivity contribution in [1.29, 1.82) is 0 Å². The van der Waals surface area contributed by atoms with Crippen LogP contribution in [0.3, 0.4) is 0 Å². The number of hydrogen-bond acceptors (Lipinski definition) is 5. The predicted molar refractivity (Wildman–Crippen MR) is 65.8 cm³/mol. The summed E-state index contributed by atoms with van der Waals surface area (Å²) < 4.78 is 0. The Labute approximate surface area is 99.9 Å². The van der Waals surface area contributed by atoms with Crippen molar-refractivity contribution in [3.63, 3.8) is 0 Å². The molecule has 0 fully saturated rings. The molecule has 5 nitrogen and oxygen atoms in total. The molecule has 1 amide bonds. The Hall–Kier alpha value is -1.17. The van der Waals surface area contributed by atoms with Crippen LogP contribution in [0, 0.1) is 6.92 Å². The van der Waals surface area contributed by atoms with E-state index in [4.69, 9.17) is 0 Å². The highest BCUT2D eigenvalue weighted by molar-refractivity contribution is 7.15. The number of carbonyl (C=O) groups is 1. The van der Waals surface area contributed by atoms with Gasteiger partial charge in [0.05, 0.1) is 6.54 Å². The van der Waals surface area contributed by atoms with Crippen LogP contribution >= 0.6 is 11.3 Å². The van der Waals surface area contributed by atoms with Crippen molar-refractivity contribution in [1.82, 2.24) is 15.5 Å². The summed E-state index contributed by atoms with van der Waals surface area (Å²) in [6.07, 6.45) is 0. The highest BCUT2D eigenvalue weighted by Gasteiger charge is 2.13. The molecule has 0 saturated heterocycles. The Bertz CT molecular complexity index is 350. The second-order valence-electron chi connectivity index (χ2n) is 3.84. The highest BCUT2D eigenvalue weighted by atomic mass is 32.1. The molecular weight excluding hydrogens is 224 g/mol. The number of rotatable bonds is 5. The third kappa shape index (κ3) is 3.77. The predicted octanol–water partition coefficient (Wildman–Crippen LogP) is 1.20. The van der Waals surface area contributed by atoms with Crippen LogP contribution in [0.25, 0.3) is 0 Å². The molecule has 0 spiro atoms. The number of amides is 1. The molecule has 0 aromatic carbocycles. The number of nitrogens with one attached hydrogen (secondary N) is 1. The molecule has 6 heteroatoms. The SMILES string of the molecule is CCN(CC(=O)NC(C)C)c1nnc(C)s1. The Morgan fingerprint density at radius 3 is 2.62 bits per heavy atom. The number of aryl methyl sites for hydroxylation is 1. The van der Waals surface area contributed by atoms with Crippen LogP contribution in [0.4, 0.5) is 5.13 Å². The lowest BCUT2D eigenvalue weighted by Gasteiger charge is -2.19. The van der Waals surface area contributed by atoms with Gasteiger partial charge in [-0.1, -0.05) is 11.3 Å². The van der Waals surface area contributed by atoms with Gasteiger partial charge < -0.3 is 10.2 Å². The molecule has 0 aliphatic rings. The topological polar surface area (TPSA) is 58.1 Å². The van der Waals surface area contributed by atoms with E-state index in [9.17, 15) is 4.79 Å². The first-order valence-corrected chi connectivity index (χ1v) is 6.19. The van der Waals surface area contributed by atoms with Gasteiger partial charge in [0.2, 0.25) is 11.0 Å². The van der Waals surface area contributed by atoms with Crippen molar-refractivity contribution >= 4 is 22.4 Å². The lowest BCUT2D eigenvalue weighted by molar-refractivity contribution is -0.120. The Morgan fingerprint density at radius 1 is 1.50 bits per heavy atom. The van der Waals surface area contributed by atoms with E-state index in [2.05, 4.69) is 15.5 Å². The van der Waals surface area contributed by atoms with E-state index >= 15 is 0 Å². The van der Waals surface area contributed by atoms with Crippen LogP contribution in [0.2, 0.25) is 0 Å². The van der Waals surface area contributed by atoms with Gasteiger partial charge >= 0.3 is 0 Å². The average molecular weight is 242 g/mol. The first-order chi connectivity index (χ1) is 7.52. The molecule has 90 valence electrons. The third-order valence-electron chi connectivity index (χ3n) is 1.95. The monoisotopic (exact) mass is 242 g/mol. The second kappa shape index (κ2) is 5.79. The molecule has 0 saturated carbocycles. The van der Waals surface area contributed by atoms with E-state index in [1.165, 1.54) is 11.3 Å². The summed E-state index contributed by atoms with van der Waals surface area (Å²) in [4.78, 5) is 13.5. The molecule has 0 bridgehead atoms. The lowest BCUT2D eigenvalue weighted by Crippen LogP contribution is -2.40. The van der Waals surface area contributed by atoms with Crippen molar-refractivity contribution < 1.29 is 4.79 Å². The minimum atomic E-state index is 0.0182. The van der Waals surface area contributed by atoms with Gasteiger partial charge in [0.25, 0.3) is 0 Å². The standard InChI is InChI=1S/C10H18N4OS/c1-5-14(6-9(15)11-7(2)3)10-13-12-8(4)16-10/h7H,5-6H2,1-4H3,(H,11,15). The van der Waals surface area contributed by atoms with Gasteiger partial charge in [-0.15, -0.1) is 10.2 Å². The molecule has 1 rings (SSSR count). The van der Waals surface area contributed by atoms with Gasteiger partial charge in [0, 0.05) is 12.6 Å². The largest absolute Gasteiger partial charge is 0.352 e. The number of nitrogens with zero attached hydrogens (tertiary/aromatic N) is 3. The summed E-state index contributed by atoms with van der Waals surface area (Å²) in [5, 5.41) is 12.6. The summed E-state index contributed by atoms with van der Waals surface area (Å²) in [5.41, 5.74) is 0. The fourth-order valence-electron chi connectivity index (χ4n) is 1.27. The Kier molecular flexibility index (Phi) is 4.67. The van der Waals surface area contributed by atoms with E-state index in [0.29, 0.717) is 6.54 Å². The van der Waals surface area contributed by atoms with Gasteiger partial charge in [-0.05, 0) is 27.7 Å². The molecule has 1 N–H and O–H groups in total. The fraction of sp³-hybridized carbons (Fsp3) is 0.700. The zero-order chi connectivity index (χ0) is 12.1. The van der Waals surface area contributed by atoms with Crippen LogP contribution in [0.5, 0.6) is 0 Å². The lowest BCUT2D eigenvalue weighted by atomic mass is 10.4. The number of likely N-dealkylation sites (N-methyl/N-ethyl adjacent to an activating group) is 1. The quantitative estimate of drug-likeness (QED) is 0.843. The summed E-state index contributed by atoms with van der Waals surface area (Å²) in [6.45, 7) is 8.89. The molecule has 16 heavy (non-hydrogen) atoms. The van der Waals surface area contributed by atoms with Crippen molar-refractivity contribution in [2.45, 2.75) is 33.7 Å². The van der Waals surface area contributed by atoms with Gasteiger partial charge in [-0.3, -0.25) is 4.79 Å². The number of anilines is 1. The molecule has 0 aliphatic heterocycles. The van der Waals surface area contributed by atoms with Crippen molar-refractivity contribution in [3.8, 4) is 0 Å². The van der Waals surface area contributed by atoms with Crippen molar-refractivity contribution in [3.05, 3.63) is 5.01 Å². The zero-order valence-corrected chi connectivity index (χ0v) is 11.0. The zero-order valence-electron chi connectivity index (χ0n) is 10.1. The van der Waals surface area contributed by atoms with E-state index in [0.717, 1.165) is 16.7 Å². The summed E-state index contributed by atoms with van der Waals surface area (Å²) in [6, 6.07) is 0.169. The maximum atomic E-state index is 11.6. The molecule has 1 aromatic rings. The molecular formula is C10H18N4OS. The maximum absolute atomic E-state index is 11.6. The van der Waals surface area contributed by atoms with Gasteiger partial charge in [-0.2, -0.15) is 0 Å². The summed E-state index contributed by atoms with van der Waals surface area (Å²) >= 11 is 1.50. The van der Waals surface area contributed by atoms with E-state index in [1.807, 2.05) is 32.6 Å². The molecule has 1 heterocycles. The number of hydrogen-bond donors (Lipinski definition) is 1. The van der Waals surface area contributed by atoms with Crippen molar-refractivity contribution in [2.24, 2.45) is 0 Å². The molecule has 0 atom stereocenters. The minimum Gasteiger partial charge on any atom is -0.352 e. The minimum absolute atomic E-state index is 0.0182. The second-order valence-corrected chi connectivity index (χ2v) is 5.00. The van der Waals surface area contributed by atoms with Crippen LogP contribution in [0.1, 0.15) is 25.8 Å². The van der Waals surface area contributed by atoms with Gasteiger partial charge in [0.15, 0.2) is 0 Å². The van der Waals surface area contributed by atoms with Crippen molar-refractivity contribution in [2.75, 3.05) is 18.0 Å². The normalized spacial score (nSPS) is 10.6. The van der Waals surface area contributed by atoms with E-state index in [-0.39, 0.29) is 11.9 Å². The third-order valence-corrected chi connectivity index (χ3v) is 2.85. The summed E-state index contributed by atoms with van der Waals surface area (Å²) in [5.74, 6) is 0.0182. The molecule has 1 aromatic heterocycles. The highest BCUT2D eigenvalue weighted by Crippen LogP contribution is 2.18. The summed E-state index contributed by atoms with van der Waals surface area (Å²) in [7, 11) is 0. The maximum Gasteiger partial charge on any atom is 0.239 e. The molecule has 0 aliphatic carbocycles.